The molecule has 34 heavy (non-hydrogen) atoms. The third-order valence-corrected chi connectivity index (χ3v) is 7.54. The highest BCUT2D eigenvalue weighted by Gasteiger charge is 2.28. The van der Waals surface area contributed by atoms with E-state index in [1.807, 2.05) is 37.3 Å². The number of ketones is 1. The third-order valence-electron chi connectivity index (χ3n) is 6.00. The van der Waals surface area contributed by atoms with E-state index in [9.17, 15) is 9.59 Å². The van der Waals surface area contributed by atoms with Crippen molar-refractivity contribution in [3.8, 4) is 0 Å². The third kappa shape index (κ3) is 4.49. The molecule has 7 heteroatoms. The van der Waals surface area contributed by atoms with E-state index < -0.39 is 0 Å². The Kier molecular flexibility index (Phi) is 6.46. The van der Waals surface area contributed by atoms with Crippen LogP contribution in [0.5, 0.6) is 0 Å². The van der Waals surface area contributed by atoms with Crippen LogP contribution < -0.4 is 4.90 Å². The van der Waals surface area contributed by atoms with Gasteiger partial charge in [0.25, 0.3) is 5.91 Å². The van der Waals surface area contributed by atoms with E-state index in [2.05, 4.69) is 0 Å². The maximum absolute atomic E-state index is 13.6. The van der Waals surface area contributed by atoms with E-state index in [1.54, 1.807) is 41.3 Å². The predicted octanol–water partition coefficient (Wildman–Crippen LogP) is 6.31. The Morgan fingerprint density at radius 1 is 1.03 bits per heavy atom. The molecule has 0 spiro atoms. The number of thiazole rings is 1. The second-order valence-electron chi connectivity index (χ2n) is 8.36. The Morgan fingerprint density at radius 3 is 2.41 bits per heavy atom. The maximum atomic E-state index is 13.6. The van der Waals surface area contributed by atoms with Crippen molar-refractivity contribution in [1.82, 2.24) is 4.98 Å². The molecule has 5 rings (SSSR count). The number of aryl methyl sites for hydroxylation is 1. The summed E-state index contributed by atoms with van der Waals surface area (Å²) >= 11 is 7.83. The van der Waals surface area contributed by atoms with Crippen molar-refractivity contribution in [2.24, 2.45) is 0 Å². The lowest BCUT2D eigenvalue weighted by atomic mass is 10.0. The average molecular weight is 491 g/mol. The number of benzene rings is 3. The standard InChI is InChI=1S/C27H23ClN2O3S/c1-17-9-14-22(28)25-23(17)29-27(34-25)30(16-21-8-5-15-33-21)26(32)20-12-10-19(11-13-20)24(31)18-6-3-2-4-7-18/h2-4,6-7,9-14,21H,5,8,15-16H2,1H3. The van der Waals surface area contributed by atoms with Crippen LogP contribution in [0.2, 0.25) is 5.02 Å². The number of carbonyl (C=O) groups excluding carboxylic acids is 2. The van der Waals surface area contributed by atoms with Crippen LogP contribution in [0.15, 0.2) is 66.7 Å². The molecule has 1 amide bonds. The summed E-state index contributed by atoms with van der Waals surface area (Å²) in [6, 6.07) is 19.7. The Labute approximate surface area is 207 Å². The first-order chi connectivity index (χ1) is 16.5. The van der Waals surface area contributed by atoms with Gasteiger partial charge in [0.1, 0.15) is 0 Å². The molecule has 2 heterocycles. The van der Waals surface area contributed by atoms with Gasteiger partial charge >= 0.3 is 0 Å². The zero-order chi connectivity index (χ0) is 23.7. The van der Waals surface area contributed by atoms with E-state index in [0.29, 0.717) is 40.0 Å². The zero-order valence-corrected chi connectivity index (χ0v) is 20.2. The molecule has 1 saturated heterocycles. The van der Waals surface area contributed by atoms with E-state index in [1.165, 1.54) is 11.3 Å². The number of nitrogens with zero attached hydrogens (tertiary/aromatic N) is 2. The fraction of sp³-hybridized carbons (Fsp3) is 0.222. The highest BCUT2D eigenvalue weighted by Crippen LogP contribution is 2.36. The number of aromatic nitrogens is 1. The molecular formula is C27H23ClN2O3S. The summed E-state index contributed by atoms with van der Waals surface area (Å²) in [5.41, 5.74) is 3.46. The van der Waals surface area contributed by atoms with Crippen molar-refractivity contribution in [2.45, 2.75) is 25.9 Å². The lowest BCUT2D eigenvalue weighted by molar-refractivity contribution is 0.0917. The SMILES string of the molecule is Cc1ccc(Cl)c2sc(N(CC3CCCO3)C(=O)c3ccc(C(=O)c4ccccc4)cc3)nc12. The fourth-order valence-electron chi connectivity index (χ4n) is 4.12. The van der Waals surface area contributed by atoms with Gasteiger partial charge in [-0.15, -0.1) is 0 Å². The minimum atomic E-state index is -0.179. The van der Waals surface area contributed by atoms with Gasteiger partial charge in [0.15, 0.2) is 10.9 Å². The number of rotatable bonds is 6. The first kappa shape index (κ1) is 22.7. The van der Waals surface area contributed by atoms with Crippen LogP contribution in [-0.2, 0) is 4.74 Å². The number of fused-ring (bicyclic) bond motifs is 1. The van der Waals surface area contributed by atoms with E-state index in [0.717, 1.165) is 28.6 Å². The molecule has 0 bridgehead atoms. The first-order valence-electron chi connectivity index (χ1n) is 11.2. The highest BCUT2D eigenvalue weighted by atomic mass is 35.5. The Hall–Kier alpha value is -3.06. The summed E-state index contributed by atoms with van der Waals surface area (Å²) in [6.45, 7) is 3.10. The first-order valence-corrected chi connectivity index (χ1v) is 12.4. The zero-order valence-electron chi connectivity index (χ0n) is 18.7. The van der Waals surface area contributed by atoms with Gasteiger partial charge in [-0.1, -0.05) is 71.5 Å². The van der Waals surface area contributed by atoms with Crippen LogP contribution in [0.4, 0.5) is 5.13 Å². The second kappa shape index (κ2) is 9.66. The van der Waals surface area contributed by atoms with Crippen molar-refractivity contribution >= 4 is 50.0 Å². The van der Waals surface area contributed by atoms with Crippen LogP contribution in [0.3, 0.4) is 0 Å². The summed E-state index contributed by atoms with van der Waals surface area (Å²) in [4.78, 5) is 32.9. The average Bonchev–Trinajstić information content (AvgIpc) is 3.55. The van der Waals surface area contributed by atoms with Crippen LogP contribution in [0, 0.1) is 6.92 Å². The van der Waals surface area contributed by atoms with Gasteiger partial charge in [-0.3, -0.25) is 14.5 Å². The van der Waals surface area contributed by atoms with Gasteiger partial charge in [0, 0.05) is 23.3 Å². The molecule has 172 valence electrons. The molecular weight excluding hydrogens is 468 g/mol. The van der Waals surface area contributed by atoms with Crippen LogP contribution >= 0.6 is 22.9 Å². The minimum absolute atomic E-state index is 0.0357. The van der Waals surface area contributed by atoms with Crippen LogP contribution in [-0.4, -0.2) is 35.9 Å². The Morgan fingerprint density at radius 2 is 1.74 bits per heavy atom. The monoisotopic (exact) mass is 490 g/mol. The van der Waals surface area contributed by atoms with Crippen LogP contribution in [0.1, 0.15) is 44.7 Å². The lowest BCUT2D eigenvalue weighted by Gasteiger charge is -2.23. The molecule has 1 atom stereocenters. The molecule has 0 saturated carbocycles. The highest BCUT2D eigenvalue weighted by molar-refractivity contribution is 7.23. The van der Waals surface area contributed by atoms with Gasteiger partial charge in [0.2, 0.25) is 0 Å². The number of amides is 1. The molecule has 0 aliphatic carbocycles. The molecule has 3 aromatic carbocycles. The van der Waals surface area contributed by atoms with Gasteiger partial charge < -0.3 is 4.74 Å². The molecule has 1 aromatic heterocycles. The number of hydrogen-bond acceptors (Lipinski definition) is 5. The largest absolute Gasteiger partial charge is 0.376 e. The van der Waals surface area contributed by atoms with Crippen LogP contribution in [0.25, 0.3) is 10.2 Å². The molecule has 0 N–H and O–H groups in total. The molecule has 1 unspecified atom stereocenters. The number of halogens is 1. The summed E-state index contributed by atoms with van der Waals surface area (Å²) < 4.78 is 6.69. The predicted molar refractivity (Wildman–Crippen MR) is 136 cm³/mol. The quantitative estimate of drug-likeness (QED) is 0.297. The smallest absolute Gasteiger partial charge is 0.260 e. The van der Waals surface area contributed by atoms with Crippen molar-refractivity contribution in [1.29, 1.82) is 0 Å². The van der Waals surface area contributed by atoms with Crippen molar-refractivity contribution in [3.63, 3.8) is 0 Å². The van der Waals surface area contributed by atoms with E-state index >= 15 is 0 Å². The second-order valence-corrected chi connectivity index (χ2v) is 9.75. The molecule has 4 aromatic rings. The van der Waals surface area contributed by atoms with Gasteiger partial charge in [-0.05, 0) is 43.5 Å². The van der Waals surface area contributed by atoms with Crippen molar-refractivity contribution < 1.29 is 14.3 Å². The minimum Gasteiger partial charge on any atom is -0.376 e. The Balaban J connectivity index is 1.47. The van der Waals surface area contributed by atoms with E-state index in [-0.39, 0.29) is 17.8 Å². The van der Waals surface area contributed by atoms with Gasteiger partial charge in [-0.2, -0.15) is 0 Å². The number of ether oxygens (including phenoxy) is 1. The number of carbonyl (C=O) groups is 2. The Bertz CT molecular complexity index is 1310. The summed E-state index contributed by atoms with van der Waals surface area (Å²) in [5, 5.41) is 1.22. The van der Waals surface area contributed by atoms with Crippen molar-refractivity contribution in [2.75, 3.05) is 18.1 Å². The van der Waals surface area contributed by atoms with Gasteiger partial charge in [0.05, 0.1) is 27.9 Å². The lowest BCUT2D eigenvalue weighted by Crippen LogP contribution is -2.37. The number of hydrogen-bond donors (Lipinski definition) is 0. The summed E-state index contributed by atoms with van der Waals surface area (Å²) in [7, 11) is 0. The molecule has 1 aliphatic heterocycles. The summed E-state index contributed by atoms with van der Waals surface area (Å²) in [5.74, 6) is -0.255. The molecule has 1 aliphatic rings. The molecule has 5 nitrogen and oxygen atoms in total. The molecule has 1 fully saturated rings. The van der Waals surface area contributed by atoms with Crippen molar-refractivity contribution in [3.05, 3.63) is 94.0 Å². The molecule has 0 radical (unpaired) electrons. The normalized spacial score (nSPS) is 15.5. The number of anilines is 1. The maximum Gasteiger partial charge on any atom is 0.260 e. The van der Waals surface area contributed by atoms with Gasteiger partial charge in [-0.25, -0.2) is 4.98 Å². The topological polar surface area (TPSA) is 59.5 Å². The summed E-state index contributed by atoms with van der Waals surface area (Å²) in [6.07, 6.45) is 1.85. The van der Waals surface area contributed by atoms with E-state index in [4.69, 9.17) is 21.3 Å². The fourth-order valence-corrected chi connectivity index (χ4v) is 5.45.